The Hall–Kier alpha value is -1.40. The van der Waals surface area contributed by atoms with Crippen molar-refractivity contribution < 1.29 is 14.1 Å². The maximum absolute atomic E-state index is 12.5. The quantitative estimate of drug-likeness (QED) is 0.887. The van der Waals surface area contributed by atoms with E-state index in [1.54, 1.807) is 0 Å². The van der Waals surface area contributed by atoms with Crippen molar-refractivity contribution in [3.63, 3.8) is 0 Å². The lowest BCUT2D eigenvalue weighted by atomic mass is 9.93. The molecule has 1 amide bonds. The van der Waals surface area contributed by atoms with Crippen LogP contribution in [0.2, 0.25) is 0 Å². The lowest BCUT2D eigenvalue weighted by Gasteiger charge is -2.31. The number of aryl methyl sites for hydroxylation is 1. The molecule has 1 N–H and O–H groups in total. The first-order valence-corrected chi connectivity index (χ1v) is 8.68. The minimum atomic E-state index is 0.0807. The molecule has 0 radical (unpaired) electrons. The molecule has 6 heteroatoms. The Labute approximate surface area is 137 Å². The van der Waals surface area contributed by atoms with E-state index in [9.17, 15) is 4.79 Å². The largest absolute Gasteiger partial charge is 0.379 e. The number of nitrogens with one attached hydrogen (secondary N) is 1. The highest BCUT2D eigenvalue weighted by molar-refractivity contribution is 5.79. The average molecular weight is 321 g/mol. The Balaban J connectivity index is 1.51. The normalized spacial score (nSPS) is 26.5. The fraction of sp³-hybridized carbons (Fsp3) is 0.765. The predicted octanol–water partition coefficient (Wildman–Crippen LogP) is 1.39. The molecule has 2 saturated heterocycles. The van der Waals surface area contributed by atoms with Gasteiger partial charge in [0.15, 0.2) is 0 Å². The van der Waals surface area contributed by atoms with Gasteiger partial charge < -0.3 is 19.5 Å². The molecule has 2 atom stereocenters. The number of amides is 1. The number of hydrogen-bond acceptors (Lipinski definition) is 5. The van der Waals surface area contributed by atoms with E-state index in [4.69, 9.17) is 9.26 Å². The zero-order valence-electron chi connectivity index (χ0n) is 14.1. The maximum Gasteiger partial charge on any atom is 0.223 e. The van der Waals surface area contributed by atoms with Crippen LogP contribution < -0.4 is 5.32 Å². The second kappa shape index (κ2) is 7.45. The van der Waals surface area contributed by atoms with Gasteiger partial charge >= 0.3 is 0 Å². The first-order chi connectivity index (χ1) is 11.2. The van der Waals surface area contributed by atoms with Crippen LogP contribution in [0.25, 0.3) is 0 Å². The van der Waals surface area contributed by atoms with Gasteiger partial charge in [0.1, 0.15) is 5.76 Å². The van der Waals surface area contributed by atoms with E-state index in [2.05, 4.69) is 22.3 Å². The van der Waals surface area contributed by atoms with Gasteiger partial charge in [-0.15, -0.1) is 0 Å². The number of nitrogens with zero attached hydrogens (tertiary/aromatic N) is 2. The summed E-state index contributed by atoms with van der Waals surface area (Å²) in [4.78, 5) is 14.9. The third kappa shape index (κ3) is 4.12. The van der Waals surface area contributed by atoms with Crippen LogP contribution in [-0.2, 0) is 16.0 Å². The van der Waals surface area contributed by atoms with Crippen LogP contribution in [0.15, 0.2) is 10.6 Å². The van der Waals surface area contributed by atoms with Crippen LogP contribution in [-0.4, -0.2) is 54.9 Å². The number of carbonyl (C=O) groups excluding carboxylic acids is 1. The summed E-state index contributed by atoms with van der Waals surface area (Å²) < 4.78 is 10.9. The first kappa shape index (κ1) is 16.5. The van der Waals surface area contributed by atoms with Gasteiger partial charge in [-0.2, -0.15) is 0 Å². The summed E-state index contributed by atoms with van der Waals surface area (Å²) in [6.07, 6.45) is 2.68. The zero-order chi connectivity index (χ0) is 16.2. The second-order valence-electron chi connectivity index (χ2n) is 6.76. The number of piperidine rings is 1. The van der Waals surface area contributed by atoms with E-state index in [0.717, 1.165) is 50.4 Å². The molecular formula is C17H27N3O3. The fourth-order valence-corrected chi connectivity index (χ4v) is 3.54. The minimum Gasteiger partial charge on any atom is -0.379 e. The number of hydrogen-bond donors (Lipinski definition) is 1. The Kier molecular flexibility index (Phi) is 5.33. The highest BCUT2D eigenvalue weighted by Crippen LogP contribution is 2.22. The maximum atomic E-state index is 12.5. The molecule has 0 aromatic carbocycles. The van der Waals surface area contributed by atoms with E-state index in [0.29, 0.717) is 13.2 Å². The van der Waals surface area contributed by atoms with Crippen LogP contribution in [0.4, 0.5) is 0 Å². The molecule has 6 nitrogen and oxygen atoms in total. The van der Waals surface area contributed by atoms with Gasteiger partial charge in [0.05, 0.1) is 24.9 Å². The minimum absolute atomic E-state index is 0.0807. The van der Waals surface area contributed by atoms with Crippen molar-refractivity contribution in [1.82, 2.24) is 15.4 Å². The molecule has 2 unspecified atom stereocenters. The molecule has 2 aliphatic heterocycles. The van der Waals surface area contributed by atoms with E-state index >= 15 is 0 Å². The molecule has 2 fully saturated rings. The van der Waals surface area contributed by atoms with Gasteiger partial charge in [-0.05, 0) is 39.4 Å². The highest BCUT2D eigenvalue weighted by atomic mass is 16.5. The molecule has 1 aromatic heterocycles. The topological polar surface area (TPSA) is 67.6 Å². The van der Waals surface area contributed by atoms with Crippen molar-refractivity contribution in [1.29, 1.82) is 0 Å². The van der Waals surface area contributed by atoms with Crippen molar-refractivity contribution in [2.45, 2.75) is 39.2 Å². The van der Waals surface area contributed by atoms with E-state index in [1.165, 1.54) is 0 Å². The molecule has 23 heavy (non-hydrogen) atoms. The van der Waals surface area contributed by atoms with E-state index < -0.39 is 0 Å². The van der Waals surface area contributed by atoms with Crippen LogP contribution in [0.3, 0.4) is 0 Å². The number of carbonyl (C=O) groups is 1. The van der Waals surface area contributed by atoms with E-state index in [-0.39, 0.29) is 23.8 Å². The number of likely N-dealkylation sites (tertiary alicyclic amines) is 1. The summed E-state index contributed by atoms with van der Waals surface area (Å²) in [5, 5.41) is 7.14. The third-order valence-electron chi connectivity index (χ3n) is 5.07. The average Bonchev–Trinajstić information content (AvgIpc) is 3.17. The molecule has 128 valence electrons. The summed E-state index contributed by atoms with van der Waals surface area (Å²) in [6, 6.07) is 2.04. The molecule has 3 rings (SSSR count). The van der Waals surface area contributed by atoms with Crippen LogP contribution in [0.5, 0.6) is 0 Å². The van der Waals surface area contributed by atoms with Crippen molar-refractivity contribution in [3.8, 4) is 0 Å². The van der Waals surface area contributed by atoms with Gasteiger partial charge in [-0.3, -0.25) is 4.79 Å². The third-order valence-corrected chi connectivity index (χ3v) is 5.07. The Bertz CT molecular complexity index is 523. The van der Waals surface area contributed by atoms with Crippen molar-refractivity contribution >= 4 is 5.91 Å². The molecule has 3 heterocycles. The molecule has 2 aliphatic rings. The smallest absolute Gasteiger partial charge is 0.223 e. The van der Waals surface area contributed by atoms with Gasteiger partial charge in [0.25, 0.3) is 0 Å². The number of rotatable bonds is 5. The van der Waals surface area contributed by atoms with Crippen molar-refractivity contribution in [2.75, 3.05) is 32.8 Å². The van der Waals surface area contributed by atoms with Gasteiger partial charge in [-0.25, -0.2) is 0 Å². The van der Waals surface area contributed by atoms with Crippen molar-refractivity contribution in [3.05, 3.63) is 17.5 Å². The van der Waals surface area contributed by atoms with E-state index in [1.807, 2.05) is 13.0 Å². The molecular weight excluding hydrogens is 294 g/mol. The Morgan fingerprint density at radius 1 is 1.39 bits per heavy atom. The summed E-state index contributed by atoms with van der Waals surface area (Å²) in [5.41, 5.74) is 0.891. The zero-order valence-corrected chi connectivity index (χ0v) is 14.1. The fourth-order valence-electron chi connectivity index (χ4n) is 3.54. The first-order valence-electron chi connectivity index (χ1n) is 8.68. The van der Waals surface area contributed by atoms with Gasteiger partial charge in [0, 0.05) is 24.3 Å². The molecule has 0 spiro atoms. The SMILES string of the molecule is CCN1CCC(C(=O)NC2COCC2Cc2cc(C)no2)CC1. The van der Waals surface area contributed by atoms with Gasteiger partial charge in [-0.1, -0.05) is 12.1 Å². The lowest BCUT2D eigenvalue weighted by molar-refractivity contribution is -0.127. The van der Waals surface area contributed by atoms with Gasteiger partial charge in [0.2, 0.25) is 5.91 Å². The molecule has 0 bridgehead atoms. The molecule has 0 saturated carbocycles. The second-order valence-corrected chi connectivity index (χ2v) is 6.76. The molecule has 0 aliphatic carbocycles. The number of aromatic nitrogens is 1. The standard InChI is InChI=1S/C17H27N3O3/c1-3-20-6-4-13(5-7-20)17(21)18-16-11-22-10-14(16)9-15-8-12(2)19-23-15/h8,13-14,16H,3-7,9-11H2,1-2H3,(H,18,21). The van der Waals surface area contributed by atoms with Crippen LogP contribution in [0, 0.1) is 18.8 Å². The lowest BCUT2D eigenvalue weighted by Crippen LogP contribution is -2.46. The van der Waals surface area contributed by atoms with Crippen LogP contribution in [0.1, 0.15) is 31.2 Å². The monoisotopic (exact) mass is 321 g/mol. The highest BCUT2D eigenvalue weighted by Gasteiger charge is 2.33. The van der Waals surface area contributed by atoms with Crippen LogP contribution >= 0.6 is 0 Å². The summed E-state index contributed by atoms with van der Waals surface area (Å²) in [7, 11) is 0. The summed E-state index contributed by atoms with van der Waals surface area (Å²) in [5.74, 6) is 1.47. The number of ether oxygens (including phenoxy) is 1. The van der Waals surface area contributed by atoms with Crippen molar-refractivity contribution in [2.24, 2.45) is 11.8 Å². The summed E-state index contributed by atoms with van der Waals surface area (Å²) in [6.45, 7) is 8.47. The Morgan fingerprint density at radius 2 is 2.17 bits per heavy atom. The molecule has 1 aromatic rings. The summed E-state index contributed by atoms with van der Waals surface area (Å²) >= 11 is 0. The Morgan fingerprint density at radius 3 is 2.83 bits per heavy atom. The predicted molar refractivity (Wildman–Crippen MR) is 86.0 cm³/mol.